The Hall–Kier alpha value is -3.06. The third-order valence-corrected chi connectivity index (χ3v) is 5.27. The zero-order valence-corrected chi connectivity index (χ0v) is 15.9. The van der Waals surface area contributed by atoms with Gasteiger partial charge in [-0.3, -0.25) is 10.1 Å². The van der Waals surface area contributed by atoms with E-state index in [2.05, 4.69) is 20.6 Å². The maximum absolute atomic E-state index is 12.7. The zero-order valence-electron chi connectivity index (χ0n) is 15.1. The van der Waals surface area contributed by atoms with Crippen molar-refractivity contribution in [2.45, 2.75) is 26.2 Å². The summed E-state index contributed by atoms with van der Waals surface area (Å²) in [7, 11) is 0. The van der Waals surface area contributed by atoms with E-state index in [-0.39, 0.29) is 11.8 Å². The highest BCUT2D eigenvalue weighted by Crippen LogP contribution is 2.26. The van der Waals surface area contributed by atoms with E-state index >= 15 is 0 Å². The molecule has 6 nitrogen and oxygen atoms in total. The molecule has 4 rings (SSSR count). The number of carbonyl (C=O) groups is 1. The van der Waals surface area contributed by atoms with E-state index in [1.165, 1.54) is 16.9 Å². The Morgan fingerprint density at radius 3 is 2.56 bits per heavy atom. The number of fused-ring (bicyclic) bond motifs is 1. The fraction of sp³-hybridized carbons (Fsp3) is 0.200. The highest BCUT2D eigenvalue weighted by molar-refractivity contribution is 7.20. The summed E-state index contributed by atoms with van der Waals surface area (Å²) < 4.78 is 1.68. The minimum atomic E-state index is -0.211. The van der Waals surface area contributed by atoms with Gasteiger partial charge in [-0.1, -0.05) is 78.4 Å². The number of hydrogen-bond donors (Lipinski definition) is 1. The number of amides is 1. The summed E-state index contributed by atoms with van der Waals surface area (Å²) in [5.74, 6) is 0.388. The SMILES string of the molecule is CCC(C(=O)Nc1nn2c(-c3ccc(C)cc3)nnc2s1)c1ccccc1. The van der Waals surface area contributed by atoms with Crippen LogP contribution < -0.4 is 5.32 Å². The van der Waals surface area contributed by atoms with Gasteiger partial charge in [-0.05, 0) is 18.9 Å². The van der Waals surface area contributed by atoms with Gasteiger partial charge in [-0.15, -0.1) is 15.3 Å². The Kier molecular flexibility index (Phi) is 4.68. The molecule has 4 aromatic rings. The van der Waals surface area contributed by atoms with Crippen LogP contribution in [-0.2, 0) is 4.79 Å². The van der Waals surface area contributed by atoms with Gasteiger partial charge in [0.25, 0.3) is 0 Å². The van der Waals surface area contributed by atoms with Crippen molar-refractivity contribution in [1.29, 1.82) is 0 Å². The number of aryl methyl sites for hydroxylation is 1. The predicted octanol–water partition coefficient (Wildman–Crippen LogP) is 4.29. The van der Waals surface area contributed by atoms with E-state index in [0.29, 0.717) is 22.3 Å². The fourth-order valence-corrected chi connectivity index (χ4v) is 3.74. The number of anilines is 1. The van der Waals surface area contributed by atoms with Gasteiger partial charge >= 0.3 is 0 Å². The Morgan fingerprint density at radius 1 is 1.11 bits per heavy atom. The number of hydrogen-bond acceptors (Lipinski definition) is 5. The van der Waals surface area contributed by atoms with Crippen LogP contribution in [0, 0.1) is 6.92 Å². The third kappa shape index (κ3) is 3.46. The van der Waals surface area contributed by atoms with Crippen LogP contribution in [0.2, 0.25) is 0 Å². The lowest BCUT2D eigenvalue weighted by Crippen LogP contribution is -2.20. The van der Waals surface area contributed by atoms with E-state index < -0.39 is 0 Å². The minimum absolute atomic E-state index is 0.0643. The van der Waals surface area contributed by atoms with Gasteiger partial charge < -0.3 is 0 Å². The van der Waals surface area contributed by atoms with Crippen molar-refractivity contribution in [2.24, 2.45) is 0 Å². The monoisotopic (exact) mass is 377 g/mol. The lowest BCUT2D eigenvalue weighted by Gasteiger charge is -2.13. The van der Waals surface area contributed by atoms with Gasteiger partial charge in [0.2, 0.25) is 16.0 Å². The summed E-state index contributed by atoms with van der Waals surface area (Å²) in [4.78, 5) is 13.4. The summed E-state index contributed by atoms with van der Waals surface area (Å²) in [6.07, 6.45) is 0.717. The first-order valence-corrected chi connectivity index (χ1v) is 9.62. The molecular weight excluding hydrogens is 358 g/mol. The molecule has 0 saturated carbocycles. The minimum Gasteiger partial charge on any atom is -0.300 e. The first-order chi connectivity index (χ1) is 13.2. The van der Waals surface area contributed by atoms with Gasteiger partial charge in [-0.2, -0.15) is 4.52 Å². The van der Waals surface area contributed by atoms with E-state index in [1.807, 2.05) is 68.4 Å². The molecule has 2 aromatic carbocycles. The van der Waals surface area contributed by atoms with E-state index in [4.69, 9.17) is 0 Å². The summed E-state index contributed by atoms with van der Waals surface area (Å²) in [6, 6.07) is 17.8. The van der Waals surface area contributed by atoms with Crippen molar-refractivity contribution >= 4 is 27.3 Å². The maximum atomic E-state index is 12.7. The van der Waals surface area contributed by atoms with Crippen molar-refractivity contribution in [3.8, 4) is 11.4 Å². The van der Waals surface area contributed by atoms with Crippen molar-refractivity contribution in [3.63, 3.8) is 0 Å². The average molecular weight is 377 g/mol. The number of aromatic nitrogens is 4. The lowest BCUT2D eigenvalue weighted by molar-refractivity contribution is -0.117. The highest BCUT2D eigenvalue weighted by Gasteiger charge is 2.21. The van der Waals surface area contributed by atoms with E-state index in [1.54, 1.807) is 4.52 Å². The van der Waals surface area contributed by atoms with Crippen LogP contribution in [0.1, 0.15) is 30.4 Å². The number of carbonyl (C=O) groups excluding carboxylic acids is 1. The summed E-state index contributed by atoms with van der Waals surface area (Å²) in [5, 5.41) is 16.4. The first-order valence-electron chi connectivity index (χ1n) is 8.81. The fourth-order valence-electron chi connectivity index (χ4n) is 3.00. The quantitative estimate of drug-likeness (QED) is 0.563. The standard InChI is InChI=1S/C20H19N5OS/c1-3-16(14-7-5-4-6-8-14)18(26)21-19-24-25-17(22-23-20(25)27-19)15-11-9-13(2)10-12-15/h4-12,16H,3H2,1-2H3,(H,21,24,26). The molecule has 0 fully saturated rings. The van der Waals surface area contributed by atoms with E-state index in [0.717, 1.165) is 11.1 Å². The van der Waals surface area contributed by atoms with Crippen molar-refractivity contribution in [1.82, 2.24) is 19.8 Å². The highest BCUT2D eigenvalue weighted by atomic mass is 32.1. The van der Waals surface area contributed by atoms with Gasteiger partial charge in [0.15, 0.2) is 5.82 Å². The van der Waals surface area contributed by atoms with Crippen molar-refractivity contribution < 1.29 is 4.79 Å². The van der Waals surface area contributed by atoms with Gasteiger partial charge in [0.1, 0.15) is 0 Å². The molecule has 0 aliphatic heterocycles. The Balaban J connectivity index is 1.59. The molecular formula is C20H19N5OS. The van der Waals surface area contributed by atoms with Gasteiger partial charge in [0.05, 0.1) is 5.92 Å². The number of benzene rings is 2. The average Bonchev–Trinajstić information content (AvgIpc) is 3.24. The molecule has 27 heavy (non-hydrogen) atoms. The predicted molar refractivity (Wildman–Crippen MR) is 107 cm³/mol. The Labute approximate surface area is 160 Å². The van der Waals surface area contributed by atoms with Crippen LogP contribution >= 0.6 is 11.3 Å². The largest absolute Gasteiger partial charge is 0.300 e. The zero-order chi connectivity index (χ0) is 18.8. The molecule has 2 heterocycles. The lowest BCUT2D eigenvalue weighted by atomic mass is 9.96. The van der Waals surface area contributed by atoms with Crippen LogP contribution in [-0.4, -0.2) is 25.7 Å². The molecule has 1 amide bonds. The number of rotatable bonds is 5. The van der Waals surface area contributed by atoms with Gasteiger partial charge in [0, 0.05) is 5.56 Å². The Morgan fingerprint density at radius 2 is 1.85 bits per heavy atom. The molecule has 136 valence electrons. The van der Waals surface area contributed by atoms with E-state index in [9.17, 15) is 4.79 Å². The summed E-state index contributed by atoms with van der Waals surface area (Å²) in [6.45, 7) is 4.04. The van der Waals surface area contributed by atoms with Crippen LogP contribution in [0.5, 0.6) is 0 Å². The van der Waals surface area contributed by atoms with Crippen LogP contribution in [0.25, 0.3) is 16.3 Å². The second kappa shape index (κ2) is 7.28. The molecule has 1 atom stereocenters. The van der Waals surface area contributed by atoms with Crippen molar-refractivity contribution in [2.75, 3.05) is 5.32 Å². The molecule has 1 unspecified atom stereocenters. The molecule has 0 aliphatic rings. The first kappa shape index (κ1) is 17.4. The number of nitrogens with one attached hydrogen (secondary N) is 1. The topological polar surface area (TPSA) is 72.2 Å². The third-order valence-electron chi connectivity index (χ3n) is 4.46. The van der Waals surface area contributed by atoms with Crippen LogP contribution in [0.4, 0.5) is 5.13 Å². The molecule has 2 aromatic heterocycles. The molecule has 0 saturated heterocycles. The molecule has 0 aliphatic carbocycles. The van der Waals surface area contributed by atoms with Crippen LogP contribution in [0.15, 0.2) is 54.6 Å². The molecule has 0 bridgehead atoms. The number of nitrogens with zero attached hydrogens (tertiary/aromatic N) is 4. The smallest absolute Gasteiger partial charge is 0.236 e. The molecule has 0 radical (unpaired) electrons. The summed E-state index contributed by atoms with van der Waals surface area (Å²) >= 11 is 1.31. The Bertz CT molecular complexity index is 1070. The van der Waals surface area contributed by atoms with Crippen LogP contribution in [0.3, 0.4) is 0 Å². The second-order valence-electron chi connectivity index (χ2n) is 6.35. The molecule has 1 N–H and O–H groups in total. The summed E-state index contributed by atoms with van der Waals surface area (Å²) in [5.41, 5.74) is 3.12. The van der Waals surface area contributed by atoms with Crippen molar-refractivity contribution in [3.05, 3.63) is 65.7 Å². The molecule has 0 spiro atoms. The maximum Gasteiger partial charge on any atom is 0.236 e. The molecule has 7 heteroatoms. The second-order valence-corrected chi connectivity index (χ2v) is 7.31. The van der Waals surface area contributed by atoms with Gasteiger partial charge in [-0.25, -0.2) is 0 Å². The normalized spacial score (nSPS) is 12.2.